The number of rotatable bonds is 6. The van der Waals surface area contributed by atoms with Gasteiger partial charge in [0.25, 0.3) is 5.91 Å². The summed E-state index contributed by atoms with van der Waals surface area (Å²) in [4.78, 5) is 27.3. The van der Waals surface area contributed by atoms with Crippen LogP contribution in [-0.2, 0) is 27.4 Å². The number of hydrogen-bond donors (Lipinski definition) is 1. The Labute approximate surface area is 176 Å². The maximum absolute atomic E-state index is 12.8. The van der Waals surface area contributed by atoms with Gasteiger partial charge in [-0.15, -0.1) is 0 Å². The number of nitrogens with zero attached hydrogens (tertiary/aromatic N) is 3. The first kappa shape index (κ1) is 20.3. The van der Waals surface area contributed by atoms with Crippen molar-refractivity contribution >= 4 is 23.2 Å². The van der Waals surface area contributed by atoms with Gasteiger partial charge in [0.1, 0.15) is 5.71 Å². The highest BCUT2D eigenvalue weighted by Gasteiger charge is 2.24. The van der Waals surface area contributed by atoms with E-state index in [0.717, 1.165) is 49.7 Å². The Bertz CT molecular complexity index is 923. The summed E-state index contributed by atoms with van der Waals surface area (Å²) >= 11 is 0. The topological polar surface area (TPSA) is 74.2 Å². The highest BCUT2D eigenvalue weighted by atomic mass is 16.5. The lowest BCUT2D eigenvalue weighted by molar-refractivity contribution is -0.132. The van der Waals surface area contributed by atoms with E-state index in [4.69, 9.17) is 4.74 Å². The van der Waals surface area contributed by atoms with Crippen molar-refractivity contribution in [3.05, 3.63) is 65.7 Å². The van der Waals surface area contributed by atoms with Gasteiger partial charge in [-0.25, -0.2) is 5.01 Å². The number of amides is 2. The van der Waals surface area contributed by atoms with Crippen LogP contribution in [0.4, 0.5) is 5.69 Å². The van der Waals surface area contributed by atoms with Crippen LogP contribution < -0.4 is 5.32 Å². The molecule has 7 nitrogen and oxygen atoms in total. The van der Waals surface area contributed by atoms with Crippen LogP contribution in [0.15, 0.2) is 59.7 Å². The summed E-state index contributed by atoms with van der Waals surface area (Å²) in [7, 11) is 0. The third kappa shape index (κ3) is 5.31. The molecule has 1 N–H and O–H groups in total. The number of morpholine rings is 1. The van der Waals surface area contributed by atoms with Crippen molar-refractivity contribution in [3.8, 4) is 0 Å². The predicted octanol–water partition coefficient (Wildman–Crippen LogP) is 2.64. The number of carbonyl (C=O) groups is 2. The summed E-state index contributed by atoms with van der Waals surface area (Å²) in [6.45, 7) is 4.54. The van der Waals surface area contributed by atoms with Crippen molar-refractivity contribution in [2.45, 2.75) is 25.9 Å². The Morgan fingerprint density at radius 3 is 2.53 bits per heavy atom. The fraction of sp³-hybridized carbons (Fsp3) is 0.348. The molecule has 0 radical (unpaired) electrons. The minimum absolute atomic E-state index is 0.0667. The number of hydrogen-bond acceptors (Lipinski definition) is 5. The molecule has 0 spiro atoms. The lowest BCUT2D eigenvalue weighted by Gasteiger charge is -2.26. The molecule has 0 atom stereocenters. The van der Waals surface area contributed by atoms with E-state index >= 15 is 0 Å². The van der Waals surface area contributed by atoms with Crippen molar-refractivity contribution in [2.75, 3.05) is 31.6 Å². The number of anilines is 1. The summed E-state index contributed by atoms with van der Waals surface area (Å²) in [6, 6.07) is 17.5. The van der Waals surface area contributed by atoms with Crippen LogP contribution in [0, 0.1) is 0 Å². The van der Waals surface area contributed by atoms with Crippen molar-refractivity contribution in [2.24, 2.45) is 5.10 Å². The number of carbonyl (C=O) groups excluding carboxylic acids is 2. The molecule has 2 aromatic rings. The van der Waals surface area contributed by atoms with E-state index in [1.54, 1.807) is 0 Å². The van der Waals surface area contributed by atoms with Crippen molar-refractivity contribution in [1.29, 1.82) is 0 Å². The van der Waals surface area contributed by atoms with Gasteiger partial charge in [0.2, 0.25) is 5.91 Å². The molecule has 30 heavy (non-hydrogen) atoms. The fourth-order valence-corrected chi connectivity index (χ4v) is 3.61. The van der Waals surface area contributed by atoms with E-state index < -0.39 is 0 Å². The quantitative estimate of drug-likeness (QED) is 0.800. The molecule has 0 aromatic heterocycles. The molecule has 0 bridgehead atoms. The van der Waals surface area contributed by atoms with Gasteiger partial charge in [-0.1, -0.05) is 42.5 Å². The number of nitrogens with one attached hydrogen (secondary N) is 1. The molecule has 2 heterocycles. The van der Waals surface area contributed by atoms with Gasteiger partial charge in [0.05, 0.1) is 19.8 Å². The molecule has 0 aliphatic carbocycles. The molecule has 1 fully saturated rings. The molecule has 4 rings (SSSR count). The van der Waals surface area contributed by atoms with Crippen molar-refractivity contribution in [3.63, 3.8) is 0 Å². The van der Waals surface area contributed by atoms with Gasteiger partial charge in [0, 0.05) is 38.2 Å². The summed E-state index contributed by atoms with van der Waals surface area (Å²) in [6.07, 6.45) is 0.638. The Balaban J connectivity index is 1.40. The van der Waals surface area contributed by atoms with Gasteiger partial charge in [-0.2, -0.15) is 5.10 Å². The van der Waals surface area contributed by atoms with Crippen LogP contribution in [-0.4, -0.2) is 53.7 Å². The van der Waals surface area contributed by atoms with Gasteiger partial charge >= 0.3 is 0 Å². The average molecular weight is 406 g/mol. The molecule has 156 valence electrons. The van der Waals surface area contributed by atoms with Crippen LogP contribution >= 0.6 is 0 Å². The first-order valence-corrected chi connectivity index (χ1v) is 10.3. The van der Waals surface area contributed by atoms with E-state index in [2.05, 4.69) is 21.4 Å². The second-order valence-electron chi connectivity index (χ2n) is 7.53. The smallest absolute Gasteiger partial charge is 0.271 e. The summed E-state index contributed by atoms with van der Waals surface area (Å²) in [5, 5.41) is 8.67. The third-order valence-electron chi connectivity index (χ3n) is 5.24. The summed E-state index contributed by atoms with van der Waals surface area (Å²) < 4.78 is 5.39. The van der Waals surface area contributed by atoms with E-state index in [1.165, 1.54) is 5.01 Å². The lowest BCUT2D eigenvalue weighted by Crippen LogP contribution is -2.36. The highest BCUT2D eigenvalue weighted by molar-refractivity contribution is 6.43. The van der Waals surface area contributed by atoms with Gasteiger partial charge in [-0.05, 0) is 23.3 Å². The molecule has 2 amide bonds. The van der Waals surface area contributed by atoms with Gasteiger partial charge < -0.3 is 10.1 Å². The summed E-state index contributed by atoms with van der Waals surface area (Å²) in [5.74, 6) is -0.327. The zero-order chi connectivity index (χ0) is 20.8. The largest absolute Gasteiger partial charge is 0.379 e. The lowest BCUT2D eigenvalue weighted by atomic mass is 10.1. The van der Waals surface area contributed by atoms with E-state index in [-0.39, 0.29) is 18.2 Å². The fourth-order valence-electron chi connectivity index (χ4n) is 3.61. The molecule has 2 aliphatic rings. The second kappa shape index (κ2) is 9.65. The van der Waals surface area contributed by atoms with Crippen LogP contribution in [0.3, 0.4) is 0 Å². The predicted molar refractivity (Wildman–Crippen MR) is 115 cm³/mol. The Kier molecular flexibility index (Phi) is 6.51. The molecule has 0 saturated carbocycles. The monoisotopic (exact) mass is 406 g/mol. The standard InChI is InChI=1S/C23H26N4O3/c28-22-10-9-21(25-27(22)17-18-5-2-1-3-6-18)23(29)24-20-8-4-7-19(15-20)16-26-11-13-30-14-12-26/h1-8,15H,9-14,16-17H2,(H,24,29). The maximum atomic E-state index is 12.8. The molecule has 2 aliphatic heterocycles. The molecular weight excluding hydrogens is 380 g/mol. The normalized spacial score (nSPS) is 17.5. The van der Waals surface area contributed by atoms with E-state index in [0.29, 0.717) is 18.7 Å². The van der Waals surface area contributed by atoms with Crippen LogP contribution in [0.25, 0.3) is 0 Å². The zero-order valence-electron chi connectivity index (χ0n) is 16.9. The summed E-state index contributed by atoms with van der Waals surface area (Å²) in [5.41, 5.74) is 3.23. The Hall–Kier alpha value is -3.03. The average Bonchev–Trinajstić information content (AvgIpc) is 2.77. The Morgan fingerprint density at radius 1 is 0.967 bits per heavy atom. The highest BCUT2D eigenvalue weighted by Crippen LogP contribution is 2.17. The zero-order valence-corrected chi connectivity index (χ0v) is 16.9. The van der Waals surface area contributed by atoms with Crippen molar-refractivity contribution < 1.29 is 14.3 Å². The molecule has 2 aromatic carbocycles. The van der Waals surface area contributed by atoms with Crippen LogP contribution in [0.2, 0.25) is 0 Å². The Morgan fingerprint density at radius 2 is 1.73 bits per heavy atom. The minimum atomic E-state index is -0.260. The molecule has 7 heteroatoms. The van der Waals surface area contributed by atoms with Crippen LogP contribution in [0.5, 0.6) is 0 Å². The third-order valence-corrected chi connectivity index (χ3v) is 5.24. The molecule has 0 unspecified atom stereocenters. The van der Waals surface area contributed by atoms with E-state index in [9.17, 15) is 9.59 Å². The minimum Gasteiger partial charge on any atom is -0.379 e. The van der Waals surface area contributed by atoms with Gasteiger partial charge in [-0.3, -0.25) is 14.5 Å². The maximum Gasteiger partial charge on any atom is 0.271 e. The van der Waals surface area contributed by atoms with E-state index in [1.807, 2.05) is 48.5 Å². The van der Waals surface area contributed by atoms with Gasteiger partial charge in [0.15, 0.2) is 0 Å². The number of benzene rings is 2. The second-order valence-corrected chi connectivity index (χ2v) is 7.53. The molecular formula is C23H26N4O3. The van der Waals surface area contributed by atoms with Crippen molar-refractivity contribution in [1.82, 2.24) is 9.91 Å². The first-order chi connectivity index (χ1) is 14.7. The number of hydrazone groups is 1. The first-order valence-electron chi connectivity index (χ1n) is 10.3. The van der Waals surface area contributed by atoms with Crippen LogP contribution in [0.1, 0.15) is 24.0 Å². The number of ether oxygens (including phenoxy) is 1. The SMILES string of the molecule is O=C(Nc1cccc(CN2CCOCC2)c1)C1=NN(Cc2ccccc2)C(=O)CC1. The molecule has 1 saturated heterocycles.